The zero-order valence-corrected chi connectivity index (χ0v) is 10.8. The van der Waals surface area contributed by atoms with Gasteiger partial charge in [-0.05, 0) is 24.1 Å². The number of phenols is 2. The van der Waals surface area contributed by atoms with Crippen LogP contribution in [0.4, 0.5) is 0 Å². The lowest BCUT2D eigenvalue weighted by atomic mass is 10.00. The number of nitrogens with one attached hydrogen (secondary N) is 1. The molecule has 0 fully saturated rings. The van der Waals surface area contributed by atoms with Crippen molar-refractivity contribution in [2.45, 2.75) is 13.3 Å². The number of ether oxygens (including phenoxy) is 1. The summed E-state index contributed by atoms with van der Waals surface area (Å²) in [5, 5.41) is 21.0. The number of rotatable bonds is 5. The van der Waals surface area contributed by atoms with Crippen LogP contribution in [0.3, 0.4) is 0 Å². The smallest absolute Gasteiger partial charge is 0.325 e. The van der Waals surface area contributed by atoms with Crippen LogP contribution in [0, 0.1) is 5.92 Å². The third-order valence-corrected chi connectivity index (χ3v) is 2.66. The van der Waals surface area contributed by atoms with Crippen LogP contribution in [0.5, 0.6) is 11.5 Å². The molecule has 1 rings (SSSR count). The minimum atomic E-state index is -0.511. The highest BCUT2D eigenvalue weighted by Gasteiger charge is 2.15. The first-order valence-electron chi connectivity index (χ1n) is 5.79. The fourth-order valence-corrected chi connectivity index (χ4v) is 1.55. The second-order valence-corrected chi connectivity index (χ2v) is 4.22. The van der Waals surface area contributed by atoms with Crippen molar-refractivity contribution in [1.82, 2.24) is 5.32 Å². The molecule has 0 saturated heterocycles. The Hall–Kier alpha value is -2.24. The lowest BCUT2D eigenvalue weighted by molar-refractivity contribution is -0.141. The van der Waals surface area contributed by atoms with Crippen molar-refractivity contribution in [1.29, 1.82) is 0 Å². The number of phenolic OH excluding ortho intramolecular Hbond substituents is 2. The minimum Gasteiger partial charge on any atom is -0.504 e. The van der Waals surface area contributed by atoms with E-state index in [2.05, 4.69) is 10.1 Å². The van der Waals surface area contributed by atoms with E-state index in [-0.39, 0.29) is 29.9 Å². The highest BCUT2D eigenvalue weighted by atomic mass is 16.5. The maximum Gasteiger partial charge on any atom is 0.325 e. The summed E-state index contributed by atoms with van der Waals surface area (Å²) in [6, 6.07) is 4.39. The lowest BCUT2D eigenvalue weighted by Crippen LogP contribution is -2.34. The third-order valence-electron chi connectivity index (χ3n) is 2.66. The summed E-state index contributed by atoms with van der Waals surface area (Å²) in [6.45, 7) is 1.54. The molecule has 0 aromatic heterocycles. The van der Waals surface area contributed by atoms with E-state index < -0.39 is 5.97 Å². The Balaban J connectivity index is 2.53. The highest BCUT2D eigenvalue weighted by molar-refractivity contribution is 5.83. The maximum absolute atomic E-state index is 11.7. The summed E-state index contributed by atoms with van der Waals surface area (Å²) in [5.41, 5.74) is 0.719. The average molecular weight is 267 g/mol. The Labute approximate surface area is 111 Å². The quantitative estimate of drug-likeness (QED) is 0.535. The van der Waals surface area contributed by atoms with Gasteiger partial charge in [-0.25, -0.2) is 0 Å². The monoisotopic (exact) mass is 267 g/mol. The molecule has 0 saturated carbocycles. The van der Waals surface area contributed by atoms with Crippen LogP contribution in [0.2, 0.25) is 0 Å². The number of methoxy groups -OCH3 is 1. The van der Waals surface area contributed by atoms with Crippen LogP contribution in [0.1, 0.15) is 12.5 Å². The molecule has 0 aliphatic carbocycles. The molecule has 1 atom stereocenters. The number of carbonyl (C=O) groups is 2. The molecule has 19 heavy (non-hydrogen) atoms. The predicted octanol–water partition coefficient (Wildman–Crippen LogP) is 0.566. The first kappa shape index (κ1) is 14.8. The highest BCUT2D eigenvalue weighted by Crippen LogP contribution is 2.25. The molecule has 0 spiro atoms. The van der Waals surface area contributed by atoms with Crippen LogP contribution in [0.15, 0.2) is 18.2 Å². The molecule has 0 aliphatic rings. The van der Waals surface area contributed by atoms with Gasteiger partial charge in [0.05, 0.1) is 7.11 Å². The Kier molecular flexibility index (Phi) is 5.17. The molecular weight excluding hydrogens is 250 g/mol. The van der Waals surface area contributed by atoms with Crippen molar-refractivity contribution < 1.29 is 24.5 Å². The number of benzene rings is 1. The largest absolute Gasteiger partial charge is 0.504 e. The standard InChI is InChI=1S/C13H17NO5/c1-8(13(18)14-7-12(17)19-2)5-9-3-4-10(15)11(16)6-9/h3-4,6,8,15-16H,5,7H2,1-2H3,(H,14,18)/t8-/m0/s1. The van der Waals surface area contributed by atoms with Gasteiger partial charge in [0.1, 0.15) is 6.54 Å². The van der Waals surface area contributed by atoms with Crippen molar-refractivity contribution in [2.24, 2.45) is 5.92 Å². The van der Waals surface area contributed by atoms with Crippen molar-refractivity contribution in [3.05, 3.63) is 23.8 Å². The predicted molar refractivity (Wildman–Crippen MR) is 67.7 cm³/mol. The van der Waals surface area contributed by atoms with Gasteiger partial charge < -0.3 is 20.3 Å². The van der Waals surface area contributed by atoms with E-state index in [1.807, 2.05) is 0 Å². The Morgan fingerprint density at radius 3 is 2.58 bits per heavy atom. The number of hydrogen-bond acceptors (Lipinski definition) is 5. The number of amides is 1. The molecule has 6 heteroatoms. The number of aromatic hydroxyl groups is 2. The molecule has 6 nitrogen and oxygen atoms in total. The van der Waals surface area contributed by atoms with Gasteiger partial charge in [0, 0.05) is 5.92 Å². The van der Waals surface area contributed by atoms with Gasteiger partial charge >= 0.3 is 5.97 Å². The molecule has 0 bridgehead atoms. The molecule has 104 valence electrons. The molecule has 1 aromatic rings. The van der Waals surface area contributed by atoms with Crippen LogP contribution in [-0.4, -0.2) is 35.7 Å². The second kappa shape index (κ2) is 6.63. The minimum absolute atomic E-state index is 0.166. The van der Waals surface area contributed by atoms with Gasteiger partial charge in [-0.2, -0.15) is 0 Å². The number of carbonyl (C=O) groups excluding carboxylic acids is 2. The van der Waals surface area contributed by atoms with Gasteiger partial charge in [-0.3, -0.25) is 9.59 Å². The molecule has 0 unspecified atom stereocenters. The molecule has 1 amide bonds. The van der Waals surface area contributed by atoms with Crippen molar-refractivity contribution in [3.8, 4) is 11.5 Å². The van der Waals surface area contributed by atoms with E-state index >= 15 is 0 Å². The summed E-state index contributed by atoms with van der Waals surface area (Å²) in [7, 11) is 1.25. The normalized spacial score (nSPS) is 11.7. The summed E-state index contributed by atoms with van der Waals surface area (Å²) in [5.74, 6) is -1.58. The first-order chi connectivity index (χ1) is 8.93. The van der Waals surface area contributed by atoms with Crippen LogP contribution < -0.4 is 5.32 Å². The first-order valence-corrected chi connectivity index (χ1v) is 5.79. The van der Waals surface area contributed by atoms with Crippen LogP contribution in [-0.2, 0) is 20.7 Å². The van der Waals surface area contributed by atoms with Gasteiger partial charge in [0.2, 0.25) is 5.91 Å². The van der Waals surface area contributed by atoms with Crippen LogP contribution >= 0.6 is 0 Å². The number of hydrogen-bond donors (Lipinski definition) is 3. The zero-order valence-electron chi connectivity index (χ0n) is 10.8. The van der Waals surface area contributed by atoms with Gasteiger partial charge in [0.25, 0.3) is 0 Å². The zero-order chi connectivity index (χ0) is 14.4. The Bertz CT molecular complexity index is 472. The summed E-state index contributed by atoms with van der Waals surface area (Å²) in [4.78, 5) is 22.6. The van der Waals surface area contributed by atoms with Crippen LogP contribution in [0.25, 0.3) is 0 Å². The summed E-state index contributed by atoms with van der Waals surface area (Å²) in [6.07, 6.45) is 0.390. The van der Waals surface area contributed by atoms with Crippen molar-refractivity contribution in [3.63, 3.8) is 0 Å². The SMILES string of the molecule is COC(=O)CNC(=O)[C@@H](C)Cc1ccc(O)c(O)c1. The second-order valence-electron chi connectivity index (χ2n) is 4.22. The van der Waals surface area contributed by atoms with E-state index in [1.165, 1.54) is 19.2 Å². The molecule has 0 radical (unpaired) electrons. The summed E-state index contributed by atoms with van der Waals surface area (Å²) < 4.78 is 4.41. The third kappa shape index (κ3) is 4.50. The van der Waals surface area contributed by atoms with Crippen molar-refractivity contribution in [2.75, 3.05) is 13.7 Å². The molecule has 1 aromatic carbocycles. The Morgan fingerprint density at radius 2 is 2.00 bits per heavy atom. The van der Waals surface area contributed by atoms with E-state index in [4.69, 9.17) is 0 Å². The van der Waals surface area contributed by atoms with Crippen molar-refractivity contribution >= 4 is 11.9 Å². The average Bonchev–Trinajstić information content (AvgIpc) is 2.39. The van der Waals surface area contributed by atoms with E-state index in [1.54, 1.807) is 13.0 Å². The van der Waals surface area contributed by atoms with Gasteiger partial charge in [-0.1, -0.05) is 13.0 Å². The fraction of sp³-hybridized carbons (Fsp3) is 0.385. The van der Waals surface area contributed by atoms with Gasteiger partial charge in [-0.15, -0.1) is 0 Å². The molecular formula is C13H17NO5. The van der Waals surface area contributed by atoms with E-state index in [9.17, 15) is 19.8 Å². The molecule has 3 N–H and O–H groups in total. The Morgan fingerprint density at radius 1 is 1.32 bits per heavy atom. The van der Waals surface area contributed by atoms with Gasteiger partial charge in [0.15, 0.2) is 11.5 Å². The molecule has 0 aliphatic heterocycles. The fourth-order valence-electron chi connectivity index (χ4n) is 1.55. The van der Waals surface area contributed by atoms with E-state index in [0.717, 1.165) is 5.56 Å². The maximum atomic E-state index is 11.7. The van der Waals surface area contributed by atoms with E-state index in [0.29, 0.717) is 6.42 Å². The molecule has 0 heterocycles. The summed E-state index contributed by atoms with van der Waals surface area (Å²) >= 11 is 0. The topological polar surface area (TPSA) is 95.9 Å². The number of esters is 1. The lowest BCUT2D eigenvalue weighted by Gasteiger charge is -2.12.